The Bertz CT molecular complexity index is 1210. The average Bonchev–Trinajstić information content (AvgIpc) is 3.44. The first-order valence-electron chi connectivity index (χ1n) is 8.99. The van der Waals surface area contributed by atoms with Crippen molar-refractivity contribution in [2.75, 3.05) is 18.3 Å². The van der Waals surface area contributed by atoms with Gasteiger partial charge in [-0.05, 0) is 5.21 Å². The van der Waals surface area contributed by atoms with Gasteiger partial charge in [-0.2, -0.15) is 5.21 Å². The normalized spacial score (nSPS) is 18.8. The molecule has 3 amide bonds. The van der Waals surface area contributed by atoms with Gasteiger partial charge in [-0.1, -0.05) is 23.8 Å². The van der Waals surface area contributed by atoms with Crippen molar-refractivity contribution < 1.29 is 61.7 Å². The van der Waals surface area contributed by atoms with E-state index < -0.39 is 45.4 Å². The Morgan fingerprint density at radius 2 is 2.20 bits per heavy atom. The number of β-lactam (4-membered cyclic amide) rings is 1. The Hall–Kier alpha value is -1.87. The monoisotopic (exact) mass is 575 g/mol. The predicted molar refractivity (Wildman–Crippen MR) is 117 cm³/mol. The van der Waals surface area contributed by atoms with Crippen LogP contribution in [0, 0.1) is 0 Å². The molecule has 1 unspecified atom stereocenters. The molecule has 3 N–H and O–H groups in total. The molecule has 3 atom stereocenters. The molecule has 184 valence electrons. The third-order valence-corrected chi connectivity index (χ3v) is 7.17. The van der Waals surface area contributed by atoms with E-state index >= 15 is 0 Å². The molecular formula is C14H15ClN9NaO7S3. The van der Waals surface area contributed by atoms with Crippen LogP contribution in [-0.4, -0.2) is 96.6 Å². The number of aromatic nitrogens is 5. The summed E-state index contributed by atoms with van der Waals surface area (Å²) in [7, 11) is -3.99. The van der Waals surface area contributed by atoms with E-state index in [9.17, 15) is 27.4 Å². The minimum atomic E-state index is -5.16. The average molecular weight is 576 g/mol. The molecule has 0 bridgehead atoms. The molecular weight excluding hydrogens is 561 g/mol. The first kappa shape index (κ1) is 29.4. The van der Waals surface area contributed by atoms with Crippen molar-refractivity contribution in [1.82, 2.24) is 35.2 Å². The summed E-state index contributed by atoms with van der Waals surface area (Å²) in [5.41, 5.74) is -0.362. The SMILES string of the molecule is CON=C(C(=O)N[C@@H]1C(=O)N(S(=O)(=O)[O-])[C@@H]1C(C)Sc1nn[nH]n1)c1csc(NC(=O)CCl)n1.[Na+]. The zero-order chi connectivity index (χ0) is 25.0. The summed E-state index contributed by atoms with van der Waals surface area (Å²) >= 11 is 7.34. The van der Waals surface area contributed by atoms with Crippen molar-refractivity contribution in [1.29, 1.82) is 0 Å². The molecule has 0 aliphatic carbocycles. The van der Waals surface area contributed by atoms with E-state index in [4.69, 9.17) is 11.6 Å². The van der Waals surface area contributed by atoms with Crippen LogP contribution in [0.5, 0.6) is 0 Å². The summed E-state index contributed by atoms with van der Waals surface area (Å²) in [4.78, 5) is 45.5. The van der Waals surface area contributed by atoms with E-state index in [0.29, 0.717) is 0 Å². The van der Waals surface area contributed by atoms with E-state index in [1.165, 1.54) is 19.4 Å². The summed E-state index contributed by atoms with van der Waals surface area (Å²) in [6.45, 7) is 1.52. The minimum absolute atomic E-state index is 0. The molecule has 0 saturated carbocycles. The molecule has 16 nitrogen and oxygen atoms in total. The van der Waals surface area contributed by atoms with Crippen molar-refractivity contribution in [3.63, 3.8) is 0 Å². The summed E-state index contributed by atoms with van der Waals surface area (Å²) < 4.78 is 35.0. The van der Waals surface area contributed by atoms with Gasteiger partial charge < -0.3 is 20.0 Å². The Balaban J connectivity index is 0.00000432. The second-order valence-corrected chi connectivity index (χ2v) is 10.1. The van der Waals surface area contributed by atoms with Gasteiger partial charge in [0.15, 0.2) is 21.1 Å². The van der Waals surface area contributed by atoms with E-state index in [0.717, 1.165) is 23.1 Å². The van der Waals surface area contributed by atoms with E-state index in [1.54, 1.807) is 0 Å². The van der Waals surface area contributed by atoms with Crippen molar-refractivity contribution in [3.05, 3.63) is 11.1 Å². The number of hydrogen-bond acceptors (Lipinski definition) is 14. The second-order valence-electron chi connectivity index (χ2n) is 6.39. The molecule has 3 rings (SSSR count). The number of carbonyl (C=O) groups excluding carboxylic acids is 3. The summed E-state index contributed by atoms with van der Waals surface area (Å²) in [5.74, 6) is -2.89. The van der Waals surface area contributed by atoms with Crippen molar-refractivity contribution in [3.8, 4) is 0 Å². The van der Waals surface area contributed by atoms with Gasteiger partial charge in [-0.15, -0.1) is 33.1 Å². The smallest absolute Gasteiger partial charge is 0.731 e. The van der Waals surface area contributed by atoms with Crippen molar-refractivity contribution in [2.24, 2.45) is 5.16 Å². The summed E-state index contributed by atoms with van der Waals surface area (Å²) in [6.07, 6.45) is 0. The fourth-order valence-corrected chi connectivity index (χ4v) is 5.61. The number of alkyl halides is 1. The first-order chi connectivity index (χ1) is 16.1. The number of rotatable bonds is 10. The van der Waals surface area contributed by atoms with Crippen LogP contribution in [0.1, 0.15) is 12.6 Å². The standard InChI is InChI=1S/C14H16ClN9O7S3.Na/c1-5(33-14-19-22-23-20-14)10-9(12(27)24(10)34(28,29)30)18-11(26)8(21-31-2)6-4-32-13(16-6)17-7(25)3-15;/h4-5,9-10H,3H2,1-2H3,(H,18,26)(H,16,17,25)(H,28,29,30)(H,19,20,22,23);/q;+1/p-1/t5?,9-,10+;/m0./s1. The van der Waals surface area contributed by atoms with Gasteiger partial charge in [0.05, 0.1) is 6.04 Å². The third-order valence-electron chi connectivity index (χ3n) is 4.23. The maximum atomic E-state index is 12.9. The van der Waals surface area contributed by atoms with Gasteiger partial charge in [-0.3, -0.25) is 14.4 Å². The van der Waals surface area contributed by atoms with Crippen LogP contribution in [0.15, 0.2) is 15.7 Å². The molecule has 2 aromatic rings. The maximum absolute atomic E-state index is 12.9. The van der Waals surface area contributed by atoms with Crippen LogP contribution in [0.3, 0.4) is 0 Å². The number of amides is 3. The van der Waals surface area contributed by atoms with Crippen molar-refractivity contribution in [2.45, 2.75) is 29.4 Å². The molecule has 1 aliphatic rings. The molecule has 21 heteroatoms. The van der Waals surface area contributed by atoms with Crippen LogP contribution in [0.25, 0.3) is 0 Å². The summed E-state index contributed by atoms with van der Waals surface area (Å²) in [6, 6.07) is -2.64. The zero-order valence-electron chi connectivity index (χ0n) is 18.2. The Labute approximate surface area is 233 Å². The number of oxime groups is 1. The number of nitrogens with zero attached hydrogens (tertiary/aromatic N) is 6. The van der Waals surface area contributed by atoms with Crippen LogP contribution in [-0.2, 0) is 29.5 Å². The predicted octanol–water partition coefficient (Wildman–Crippen LogP) is -4.48. The fourth-order valence-electron chi connectivity index (χ4n) is 2.89. The quantitative estimate of drug-likeness (QED) is 0.0463. The van der Waals surface area contributed by atoms with E-state index in [-0.39, 0.29) is 61.4 Å². The van der Waals surface area contributed by atoms with Gasteiger partial charge in [-0.25, -0.2) is 17.7 Å². The molecule has 0 aromatic carbocycles. The third kappa shape index (κ3) is 6.88. The number of aromatic amines is 1. The topological polar surface area (TPSA) is 225 Å². The number of carbonyl (C=O) groups is 3. The van der Waals surface area contributed by atoms with Gasteiger partial charge in [0, 0.05) is 10.6 Å². The van der Waals surface area contributed by atoms with Gasteiger partial charge in [0.1, 0.15) is 24.7 Å². The molecule has 0 spiro atoms. The largest absolute Gasteiger partial charge is 1.00 e. The molecule has 3 heterocycles. The number of nitrogens with one attached hydrogen (secondary N) is 3. The van der Waals surface area contributed by atoms with E-state index in [2.05, 4.69) is 46.2 Å². The van der Waals surface area contributed by atoms with Crippen LogP contribution in [0.2, 0.25) is 0 Å². The Morgan fingerprint density at radius 1 is 1.49 bits per heavy atom. The van der Waals surface area contributed by atoms with Gasteiger partial charge in [0.2, 0.25) is 11.1 Å². The van der Waals surface area contributed by atoms with Gasteiger partial charge >= 0.3 is 29.6 Å². The molecule has 35 heavy (non-hydrogen) atoms. The van der Waals surface area contributed by atoms with Crippen LogP contribution in [0.4, 0.5) is 5.13 Å². The van der Waals surface area contributed by atoms with E-state index in [1.807, 2.05) is 0 Å². The molecule has 1 saturated heterocycles. The number of halogens is 1. The zero-order valence-corrected chi connectivity index (χ0v) is 23.4. The molecule has 0 radical (unpaired) electrons. The first-order valence-corrected chi connectivity index (χ1v) is 12.7. The number of H-pyrrole nitrogens is 1. The number of thiazole rings is 1. The van der Waals surface area contributed by atoms with Crippen LogP contribution < -0.4 is 40.2 Å². The molecule has 2 aromatic heterocycles. The maximum Gasteiger partial charge on any atom is 1.00 e. The van der Waals surface area contributed by atoms with Crippen molar-refractivity contribution >= 4 is 73.6 Å². The van der Waals surface area contributed by atoms with Gasteiger partial charge in [0.25, 0.3) is 11.8 Å². The fraction of sp³-hybridized carbons (Fsp3) is 0.429. The summed E-state index contributed by atoms with van der Waals surface area (Å²) in [5, 5.41) is 22.3. The number of thioether (sulfide) groups is 1. The molecule has 1 fully saturated rings. The molecule has 1 aliphatic heterocycles. The van der Waals surface area contributed by atoms with Crippen LogP contribution >= 0.6 is 34.7 Å². The number of hydrogen-bond donors (Lipinski definition) is 3. The number of tetrazole rings is 1. The Kier molecular flexibility index (Phi) is 10.4. The number of anilines is 1. The Morgan fingerprint density at radius 3 is 2.77 bits per heavy atom. The second kappa shape index (κ2) is 12.4. The minimum Gasteiger partial charge on any atom is -0.731 e.